The lowest BCUT2D eigenvalue weighted by Crippen LogP contribution is -2.32. The molecule has 1 heterocycles. The molecule has 0 saturated heterocycles. The molecule has 74 valence electrons. The van der Waals surface area contributed by atoms with E-state index >= 15 is 0 Å². The van der Waals surface area contributed by atoms with E-state index in [2.05, 4.69) is 36.7 Å². The molecular formula is C10H18N2S. The molecule has 0 aliphatic carbocycles. The third kappa shape index (κ3) is 3.89. The predicted molar refractivity (Wildman–Crippen MR) is 58.8 cm³/mol. The first-order chi connectivity index (χ1) is 6.20. The van der Waals surface area contributed by atoms with Crippen LogP contribution in [0.25, 0.3) is 0 Å². The fourth-order valence-electron chi connectivity index (χ4n) is 1.02. The molecule has 2 unspecified atom stereocenters. The van der Waals surface area contributed by atoms with E-state index in [0.29, 0.717) is 5.92 Å². The Morgan fingerprint density at radius 3 is 2.85 bits per heavy atom. The highest BCUT2D eigenvalue weighted by Crippen LogP contribution is 2.07. The number of hydrogen-bond acceptors (Lipinski definition) is 3. The van der Waals surface area contributed by atoms with Gasteiger partial charge in [0.1, 0.15) is 0 Å². The van der Waals surface area contributed by atoms with E-state index in [0.717, 1.165) is 13.1 Å². The van der Waals surface area contributed by atoms with Crippen LogP contribution in [0.1, 0.15) is 18.7 Å². The highest BCUT2D eigenvalue weighted by molar-refractivity contribution is 7.09. The molecule has 1 aromatic rings. The summed E-state index contributed by atoms with van der Waals surface area (Å²) in [7, 11) is 0. The number of hydrogen-bond donors (Lipinski definition) is 2. The molecule has 0 aromatic carbocycles. The van der Waals surface area contributed by atoms with E-state index in [1.54, 1.807) is 11.3 Å². The maximum atomic E-state index is 5.76. The lowest BCUT2D eigenvalue weighted by Gasteiger charge is -2.15. The van der Waals surface area contributed by atoms with Crippen molar-refractivity contribution in [3.8, 4) is 0 Å². The number of nitrogens with one attached hydrogen (secondary N) is 1. The van der Waals surface area contributed by atoms with E-state index in [4.69, 9.17) is 5.73 Å². The summed E-state index contributed by atoms with van der Waals surface area (Å²) in [6.07, 6.45) is 0. The van der Waals surface area contributed by atoms with Crippen LogP contribution in [-0.2, 0) is 6.54 Å². The molecule has 0 amide bonds. The van der Waals surface area contributed by atoms with Crippen molar-refractivity contribution in [3.63, 3.8) is 0 Å². The average molecular weight is 198 g/mol. The molecule has 3 N–H and O–H groups in total. The van der Waals surface area contributed by atoms with Crippen LogP contribution in [0.5, 0.6) is 0 Å². The van der Waals surface area contributed by atoms with Gasteiger partial charge in [-0.15, -0.1) is 11.3 Å². The third-order valence-electron chi connectivity index (χ3n) is 2.24. The maximum absolute atomic E-state index is 5.76. The summed E-state index contributed by atoms with van der Waals surface area (Å²) in [6, 6.07) is 4.50. The van der Waals surface area contributed by atoms with Gasteiger partial charge in [0.05, 0.1) is 0 Å². The maximum Gasteiger partial charge on any atom is 0.0299 e. The molecule has 1 rings (SSSR count). The Morgan fingerprint density at radius 2 is 2.31 bits per heavy atom. The second kappa shape index (κ2) is 5.37. The molecule has 13 heavy (non-hydrogen) atoms. The highest BCUT2D eigenvalue weighted by atomic mass is 32.1. The molecule has 0 bridgehead atoms. The Morgan fingerprint density at radius 1 is 1.54 bits per heavy atom. The van der Waals surface area contributed by atoms with Gasteiger partial charge in [0.15, 0.2) is 0 Å². The molecule has 1 aromatic heterocycles. The largest absolute Gasteiger partial charge is 0.328 e. The van der Waals surface area contributed by atoms with Crippen LogP contribution in [0.15, 0.2) is 17.5 Å². The van der Waals surface area contributed by atoms with Gasteiger partial charge in [0, 0.05) is 17.5 Å². The smallest absolute Gasteiger partial charge is 0.0299 e. The van der Waals surface area contributed by atoms with Crippen molar-refractivity contribution >= 4 is 11.3 Å². The van der Waals surface area contributed by atoms with Crippen molar-refractivity contribution in [3.05, 3.63) is 22.4 Å². The van der Waals surface area contributed by atoms with Gasteiger partial charge in [0.25, 0.3) is 0 Å². The van der Waals surface area contributed by atoms with Gasteiger partial charge >= 0.3 is 0 Å². The van der Waals surface area contributed by atoms with Gasteiger partial charge < -0.3 is 11.1 Å². The van der Waals surface area contributed by atoms with Gasteiger partial charge in [-0.1, -0.05) is 13.0 Å². The van der Waals surface area contributed by atoms with Gasteiger partial charge in [-0.3, -0.25) is 0 Å². The zero-order chi connectivity index (χ0) is 9.68. The van der Waals surface area contributed by atoms with E-state index < -0.39 is 0 Å². The normalized spacial score (nSPS) is 15.6. The minimum absolute atomic E-state index is 0.274. The van der Waals surface area contributed by atoms with E-state index in [1.165, 1.54) is 4.88 Å². The van der Waals surface area contributed by atoms with Crippen LogP contribution in [0, 0.1) is 5.92 Å². The topological polar surface area (TPSA) is 38.0 Å². The summed E-state index contributed by atoms with van der Waals surface area (Å²) in [4.78, 5) is 1.39. The molecule has 0 radical (unpaired) electrons. The first-order valence-electron chi connectivity index (χ1n) is 4.69. The van der Waals surface area contributed by atoms with Crippen LogP contribution >= 0.6 is 11.3 Å². The fourth-order valence-corrected chi connectivity index (χ4v) is 1.70. The fraction of sp³-hybridized carbons (Fsp3) is 0.600. The van der Waals surface area contributed by atoms with Crippen LogP contribution in [-0.4, -0.2) is 12.6 Å². The van der Waals surface area contributed by atoms with Crippen LogP contribution in [0.2, 0.25) is 0 Å². The minimum Gasteiger partial charge on any atom is -0.328 e. The quantitative estimate of drug-likeness (QED) is 0.757. The van der Waals surface area contributed by atoms with Crippen LogP contribution in [0.3, 0.4) is 0 Å². The Hall–Kier alpha value is -0.380. The zero-order valence-electron chi connectivity index (χ0n) is 8.29. The zero-order valence-corrected chi connectivity index (χ0v) is 9.10. The van der Waals surface area contributed by atoms with E-state index in [1.807, 2.05) is 0 Å². The monoisotopic (exact) mass is 198 g/mol. The third-order valence-corrected chi connectivity index (χ3v) is 3.12. The second-order valence-corrected chi connectivity index (χ2v) is 4.58. The van der Waals surface area contributed by atoms with Crippen molar-refractivity contribution in [2.45, 2.75) is 26.4 Å². The van der Waals surface area contributed by atoms with Crippen molar-refractivity contribution in [2.75, 3.05) is 6.54 Å². The number of nitrogens with two attached hydrogens (primary N) is 1. The van der Waals surface area contributed by atoms with Crippen molar-refractivity contribution < 1.29 is 0 Å². The van der Waals surface area contributed by atoms with E-state index in [9.17, 15) is 0 Å². The van der Waals surface area contributed by atoms with E-state index in [-0.39, 0.29) is 6.04 Å². The lowest BCUT2D eigenvalue weighted by atomic mass is 10.1. The number of thiophene rings is 1. The molecule has 0 saturated carbocycles. The molecule has 0 spiro atoms. The van der Waals surface area contributed by atoms with Gasteiger partial charge in [-0.25, -0.2) is 0 Å². The van der Waals surface area contributed by atoms with Gasteiger partial charge in [-0.2, -0.15) is 0 Å². The Kier molecular flexibility index (Phi) is 4.42. The predicted octanol–water partition coefficient (Wildman–Crippen LogP) is 1.82. The number of rotatable bonds is 5. The summed E-state index contributed by atoms with van der Waals surface area (Å²) in [5, 5.41) is 5.50. The summed E-state index contributed by atoms with van der Waals surface area (Å²) in [5.74, 6) is 0.542. The van der Waals surface area contributed by atoms with Gasteiger partial charge in [-0.05, 0) is 30.8 Å². The van der Waals surface area contributed by atoms with Crippen LogP contribution in [0.4, 0.5) is 0 Å². The second-order valence-electron chi connectivity index (χ2n) is 3.55. The van der Waals surface area contributed by atoms with Crippen molar-refractivity contribution in [1.82, 2.24) is 5.32 Å². The Bertz CT molecular complexity index is 219. The molecule has 3 heteroatoms. The molecule has 0 aliphatic heterocycles. The standard InChI is InChI=1S/C10H18N2S/c1-8(9(2)11)6-12-7-10-4-3-5-13-10/h3-5,8-9,12H,6-7,11H2,1-2H3. The molecule has 2 nitrogen and oxygen atoms in total. The molecule has 0 aliphatic rings. The summed E-state index contributed by atoms with van der Waals surface area (Å²) >= 11 is 1.79. The van der Waals surface area contributed by atoms with Gasteiger partial charge in [0.2, 0.25) is 0 Å². The van der Waals surface area contributed by atoms with Crippen molar-refractivity contribution in [1.29, 1.82) is 0 Å². The molecular weight excluding hydrogens is 180 g/mol. The summed E-state index contributed by atoms with van der Waals surface area (Å²) in [6.45, 7) is 6.19. The minimum atomic E-state index is 0.274. The first kappa shape index (κ1) is 10.7. The van der Waals surface area contributed by atoms with Crippen LogP contribution < -0.4 is 11.1 Å². The average Bonchev–Trinajstić information content (AvgIpc) is 2.56. The molecule has 2 atom stereocenters. The first-order valence-corrected chi connectivity index (χ1v) is 5.57. The summed E-state index contributed by atoms with van der Waals surface area (Å²) < 4.78 is 0. The summed E-state index contributed by atoms with van der Waals surface area (Å²) in [5.41, 5.74) is 5.76. The Balaban J connectivity index is 2.14. The molecule has 0 fully saturated rings. The SMILES string of the molecule is CC(N)C(C)CNCc1cccs1. The highest BCUT2D eigenvalue weighted by Gasteiger charge is 2.05. The van der Waals surface area contributed by atoms with Crippen molar-refractivity contribution in [2.24, 2.45) is 11.7 Å². The Labute approximate surface area is 84.2 Å². The lowest BCUT2D eigenvalue weighted by molar-refractivity contribution is 0.446.